The summed E-state index contributed by atoms with van der Waals surface area (Å²) in [6, 6.07) is 15.3. The highest BCUT2D eigenvalue weighted by molar-refractivity contribution is 5.96. The maximum atomic E-state index is 11.9. The molecule has 0 aliphatic rings. The first kappa shape index (κ1) is 31.8. The summed E-state index contributed by atoms with van der Waals surface area (Å²) in [7, 11) is 1.60. The lowest BCUT2D eigenvalue weighted by atomic mass is 10.1. The van der Waals surface area contributed by atoms with Crippen LogP contribution in [0.15, 0.2) is 54.6 Å². The summed E-state index contributed by atoms with van der Waals surface area (Å²) in [5, 5.41) is 6.60. The number of primary amides is 2. The van der Waals surface area contributed by atoms with E-state index in [1.165, 1.54) is 12.1 Å². The van der Waals surface area contributed by atoms with Crippen molar-refractivity contribution in [1.29, 1.82) is 0 Å². The Bertz CT molecular complexity index is 1350. The third kappa shape index (κ3) is 8.66. The van der Waals surface area contributed by atoms with E-state index >= 15 is 0 Å². The van der Waals surface area contributed by atoms with Crippen LogP contribution in [0.5, 0.6) is 11.5 Å². The molecule has 2 unspecified atom stereocenters. The number of anilines is 4. The van der Waals surface area contributed by atoms with Crippen molar-refractivity contribution in [3.8, 4) is 11.5 Å². The number of methoxy groups -OCH3 is 1. The number of nitrogens with one attached hydrogen (secondary N) is 2. The number of benzene rings is 3. The number of nitrogen functional groups attached to an aromatic ring is 2. The fourth-order valence-corrected chi connectivity index (χ4v) is 4.28. The molecule has 3 aromatic carbocycles. The van der Waals surface area contributed by atoms with Crippen LogP contribution in [0.25, 0.3) is 0 Å². The van der Waals surface area contributed by atoms with Gasteiger partial charge in [0.15, 0.2) is 0 Å². The predicted molar refractivity (Wildman–Crippen MR) is 164 cm³/mol. The second-order valence-electron chi connectivity index (χ2n) is 9.36. The van der Waals surface area contributed by atoms with Gasteiger partial charge in [0.2, 0.25) is 11.8 Å². The second kappa shape index (κ2) is 15.4. The Morgan fingerprint density at radius 3 is 1.93 bits per heavy atom. The average molecular weight is 581 g/mol. The van der Waals surface area contributed by atoms with Gasteiger partial charge in [-0.05, 0) is 61.9 Å². The fraction of sp³-hybridized carbons (Fsp3) is 0.333. The van der Waals surface area contributed by atoms with Crippen molar-refractivity contribution in [2.75, 3.05) is 55.5 Å². The molecule has 42 heavy (non-hydrogen) atoms. The summed E-state index contributed by atoms with van der Waals surface area (Å²) in [6.07, 6.45) is -0.814. The van der Waals surface area contributed by atoms with Crippen LogP contribution in [0.4, 0.5) is 22.7 Å². The Labute approximate surface area is 245 Å². The molecule has 12 nitrogen and oxygen atoms in total. The highest BCUT2D eigenvalue weighted by Gasteiger charge is 2.24. The maximum Gasteiger partial charge on any atom is 0.248 e. The van der Waals surface area contributed by atoms with Gasteiger partial charge < -0.3 is 52.5 Å². The minimum absolute atomic E-state index is 0.219. The van der Waals surface area contributed by atoms with Gasteiger partial charge in [-0.2, -0.15) is 0 Å². The van der Waals surface area contributed by atoms with Crippen molar-refractivity contribution < 1.29 is 28.5 Å². The normalized spacial score (nSPS) is 12.3. The zero-order chi connectivity index (χ0) is 30.6. The van der Waals surface area contributed by atoms with Crippen molar-refractivity contribution >= 4 is 34.6 Å². The molecule has 3 rings (SSSR count). The Balaban J connectivity index is 1.78. The SMILES string of the molecule is CCOC(CNc1ccc(C(N)=O)cc1N)C(CNc1c(N)cc(C(N)=O)cc1OCc1ccc(OC)cc1)OCC. The van der Waals surface area contributed by atoms with Crippen molar-refractivity contribution in [3.05, 3.63) is 71.3 Å². The third-order valence-corrected chi connectivity index (χ3v) is 6.46. The van der Waals surface area contributed by atoms with Crippen LogP contribution in [0.3, 0.4) is 0 Å². The van der Waals surface area contributed by atoms with Gasteiger partial charge in [0.25, 0.3) is 0 Å². The molecule has 2 amide bonds. The minimum Gasteiger partial charge on any atom is -0.497 e. The van der Waals surface area contributed by atoms with E-state index in [2.05, 4.69) is 10.6 Å². The number of nitrogens with two attached hydrogens (primary N) is 4. The van der Waals surface area contributed by atoms with Gasteiger partial charge in [0.1, 0.15) is 36.0 Å². The van der Waals surface area contributed by atoms with Crippen LogP contribution in [-0.4, -0.2) is 57.4 Å². The van der Waals surface area contributed by atoms with E-state index in [1.807, 2.05) is 38.1 Å². The Morgan fingerprint density at radius 1 is 0.786 bits per heavy atom. The number of hydrogen-bond acceptors (Lipinski definition) is 10. The second-order valence-corrected chi connectivity index (χ2v) is 9.36. The molecule has 226 valence electrons. The summed E-state index contributed by atoms with van der Waals surface area (Å²) in [5.74, 6) is -0.0891. The monoisotopic (exact) mass is 580 g/mol. The maximum absolute atomic E-state index is 11.9. The number of rotatable bonds is 17. The average Bonchev–Trinajstić information content (AvgIpc) is 2.97. The molecule has 0 aliphatic heterocycles. The highest BCUT2D eigenvalue weighted by Crippen LogP contribution is 2.34. The van der Waals surface area contributed by atoms with Gasteiger partial charge in [-0.15, -0.1) is 0 Å². The van der Waals surface area contributed by atoms with Crippen LogP contribution in [0.2, 0.25) is 0 Å². The minimum atomic E-state index is -0.625. The van der Waals surface area contributed by atoms with E-state index in [-0.39, 0.29) is 12.2 Å². The van der Waals surface area contributed by atoms with Crippen molar-refractivity contribution in [2.45, 2.75) is 32.7 Å². The number of hydrogen-bond donors (Lipinski definition) is 6. The Morgan fingerprint density at radius 2 is 1.38 bits per heavy atom. The molecule has 3 aromatic rings. The molecule has 0 radical (unpaired) electrons. The molecule has 12 heteroatoms. The molecule has 0 fully saturated rings. The molecule has 0 aliphatic carbocycles. The first-order valence-corrected chi connectivity index (χ1v) is 13.6. The van der Waals surface area contributed by atoms with E-state index < -0.39 is 24.0 Å². The van der Waals surface area contributed by atoms with Crippen molar-refractivity contribution in [1.82, 2.24) is 0 Å². The standard InChI is InChI=1S/C30H40N6O6/c1-4-40-26(15-35-24-11-8-19(29(33)37)12-22(24)31)27(41-5-2)16-36-28-23(32)13-20(30(34)38)14-25(28)42-17-18-6-9-21(39-3)10-7-18/h6-14,26-27,35-36H,4-5,15-17,31-32H2,1-3H3,(H2,33,37)(H2,34,38). The first-order valence-electron chi connectivity index (χ1n) is 13.6. The molecular weight excluding hydrogens is 540 g/mol. The van der Waals surface area contributed by atoms with Gasteiger partial charge in [-0.3, -0.25) is 9.59 Å². The molecule has 0 heterocycles. The molecular formula is C30H40N6O6. The van der Waals surface area contributed by atoms with Gasteiger partial charge in [-0.1, -0.05) is 12.1 Å². The van der Waals surface area contributed by atoms with Crippen molar-refractivity contribution in [2.24, 2.45) is 11.5 Å². The summed E-state index contributed by atoms with van der Waals surface area (Å²) in [6.45, 7) is 5.54. The topological polar surface area (TPSA) is 199 Å². The zero-order valence-corrected chi connectivity index (χ0v) is 24.1. The Hall–Kier alpha value is -4.68. The lowest BCUT2D eigenvalue weighted by molar-refractivity contribution is -0.0539. The largest absolute Gasteiger partial charge is 0.497 e. The number of amides is 2. The van der Waals surface area contributed by atoms with Gasteiger partial charge in [0, 0.05) is 37.4 Å². The molecule has 0 bridgehead atoms. The lowest BCUT2D eigenvalue weighted by Crippen LogP contribution is -2.42. The Kier molecular flexibility index (Phi) is 11.6. The molecule has 0 saturated heterocycles. The number of carbonyl (C=O) groups excluding carboxylic acids is 2. The smallest absolute Gasteiger partial charge is 0.248 e. The molecule has 0 saturated carbocycles. The van der Waals surface area contributed by atoms with Gasteiger partial charge in [-0.25, -0.2) is 0 Å². The van der Waals surface area contributed by atoms with Gasteiger partial charge in [0.05, 0.1) is 24.2 Å². The summed E-state index contributed by atoms with van der Waals surface area (Å²) >= 11 is 0. The van der Waals surface area contributed by atoms with Crippen LogP contribution in [0.1, 0.15) is 40.1 Å². The molecule has 10 N–H and O–H groups in total. The number of ether oxygens (including phenoxy) is 4. The quantitative estimate of drug-likeness (QED) is 0.129. The third-order valence-electron chi connectivity index (χ3n) is 6.46. The summed E-state index contributed by atoms with van der Waals surface area (Å²) in [4.78, 5) is 23.4. The van der Waals surface area contributed by atoms with Gasteiger partial charge >= 0.3 is 0 Å². The highest BCUT2D eigenvalue weighted by atomic mass is 16.5. The van der Waals surface area contributed by atoms with Crippen molar-refractivity contribution in [3.63, 3.8) is 0 Å². The molecule has 0 spiro atoms. The fourth-order valence-electron chi connectivity index (χ4n) is 4.28. The van der Waals surface area contributed by atoms with E-state index in [0.29, 0.717) is 60.4 Å². The lowest BCUT2D eigenvalue weighted by Gasteiger charge is -2.29. The van der Waals surface area contributed by atoms with E-state index in [9.17, 15) is 9.59 Å². The van der Waals surface area contributed by atoms with E-state index in [1.54, 1.807) is 25.3 Å². The number of carbonyl (C=O) groups is 2. The summed E-state index contributed by atoms with van der Waals surface area (Å²) < 4.78 is 23.4. The first-order chi connectivity index (χ1) is 20.2. The van der Waals surface area contributed by atoms with E-state index in [0.717, 1.165) is 11.3 Å². The van der Waals surface area contributed by atoms with Crippen LogP contribution in [-0.2, 0) is 16.1 Å². The molecule has 2 atom stereocenters. The van der Waals surface area contributed by atoms with Crippen LogP contribution in [0, 0.1) is 0 Å². The van der Waals surface area contributed by atoms with Crippen LogP contribution >= 0.6 is 0 Å². The molecule has 0 aromatic heterocycles. The van der Waals surface area contributed by atoms with Crippen LogP contribution < -0.4 is 43.0 Å². The zero-order valence-electron chi connectivity index (χ0n) is 24.1. The predicted octanol–water partition coefficient (Wildman–Crippen LogP) is 2.97. The summed E-state index contributed by atoms with van der Waals surface area (Å²) in [5.41, 5.74) is 26.6. The van der Waals surface area contributed by atoms with E-state index in [4.69, 9.17) is 41.9 Å².